The lowest BCUT2D eigenvalue weighted by atomic mass is 10.1. The maximum atomic E-state index is 3.63. The summed E-state index contributed by atoms with van der Waals surface area (Å²) in [7, 11) is 0. The zero-order chi connectivity index (χ0) is 10.5. The summed E-state index contributed by atoms with van der Waals surface area (Å²) < 4.78 is 0. The maximum absolute atomic E-state index is 3.63. The molecule has 1 unspecified atom stereocenters. The van der Waals surface area contributed by atoms with Crippen LogP contribution >= 0.6 is 0 Å². The zero-order valence-electron chi connectivity index (χ0n) is 10.2. The van der Waals surface area contributed by atoms with Gasteiger partial charge in [0.1, 0.15) is 0 Å². The van der Waals surface area contributed by atoms with Crippen LogP contribution in [0.5, 0.6) is 0 Å². The molecule has 0 aliphatic carbocycles. The van der Waals surface area contributed by atoms with Gasteiger partial charge in [0.15, 0.2) is 0 Å². The molecule has 2 heterocycles. The topological polar surface area (TPSA) is 15.3 Å². The molecule has 2 nitrogen and oxygen atoms in total. The molecule has 2 saturated heterocycles. The summed E-state index contributed by atoms with van der Waals surface area (Å²) in [5.74, 6) is 0. The molecule has 0 amide bonds. The highest BCUT2D eigenvalue weighted by atomic mass is 15.2. The Labute approximate surface area is 94.4 Å². The van der Waals surface area contributed by atoms with Crippen molar-refractivity contribution < 1.29 is 0 Å². The lowest BCUT2D eigenvalue weighted by molar-refractivity contribution is 0.178. The van der Waals surface area contributed by atoms with Crippen LogP contribution in [0.2, 0.25) is 0 Å². The van der Waals surface area contributed by atoms with Gasteiger partial charge in [-0.05, 0) is 45.2 Å². The Kier molecular flexibility index (Phi) is 4.45. The van der Waals surface area contributed by atoms with Crippen LogP contribution < -0.4 is 5.32 Å². The van der Waals surface area contributed by atoms with E-state index in [0.29, 0.717) is 0 Å². The summed E-state index contributed by atoms with van der Waals surface area (Å²) >= 11 is 0. The van der Waals surface area contributed by atoms with Crippen molar-refractivity contribution in [3.63, 3.8) is 0 Å². The highest BCUT2D eigenvalue weighted by Gasteiger charge is 2.23. The maximum Gasteiger partial charge on any atom is 0.0195 e. The Bertz CT molecular complexity index is 175. The number of nitrogens with one attached hydrogen (secondary N) is 1. The molecule has 2 rings (SSSR count). The average molecular weight is 210 g/mol. The summed E-state index contributed by atoms with van der Waals surface area (Å²) in [6, 6.07) is 1.66. The van der Waals surface area contributed by atoms with Gasteiger partial charge in [0.2, 0.25) is 0 Å². The first-order valence-corrected chi connectivity index (χ1v) is 6.87. The quantitative estimate of drug-likeness (QED) is 0.769. The van der Waals surface area contributed by atoms with E-state index in [1.807, 2.05) is 0 Å². The van der Waals surface area contributed by atoms with Crippen LogP contribution in [0.1, 0.15) is 51.9 Å². The van der Waals surface area contributed by atoms with E-state index in [1.165, 1.54) is 64.6 Å². The van der Waals surface area contributed by atoms with Crippen molar-refractivity contribution in [1.29, 1.82) is 0 Å². The second kappa shape index (κ2) is 5.86. The van der Waals surface area contributed by atoms with E-state index in [1.54, 1.807) is 0 Å². The smallest absolute Gasteiger partial charge is 0.0195 e. The first-order valence-electron chi connectivity index (χ1n) is 6.87. The van der Waals surface area contributed by atoms with Gasteiger partial charge in [0.25, 0.3) is 0 Å². The van der Waals surface area contributed by atoms with Gasteiger partial charge in [-0.25, -0.2) is 0 Å². The van der Waals surface area contributed by atoms with Crippen LogP contribution in [-0.4, -0.2) is 36.6 Å². The molecule has 0 bridgehead atoms. The van der Waals surface area contributed by atoms with Crippen LogP contribution in [0.15, 0.2) is 0 Å². The lowest BCUT2D eigenvalue weighted by Crippen LogP contribution is -2.42. The first-order chi connectivity index (χ1) is 7.40. The van der Waals surface area contributed by atoms with Crippen molar-refractivity contribution in [3.8, 4) is 0 Å². The van der Waals surface area contributed by atoms with Crippen molar-refractivity contribution in [3.05, 3.63) is 0 Å². The number of likely N-dealkylation sites (tertiary alicyclic amines) is 1. The number of hydrogen-bond acceptors (Lipinski definition) is 2. The fourth-order valence-electron chi connectivity index (χ4n) is 3.14. The largest absolute Gasteiger partial charge is 0.313 e. The minimum absolute atomic E-state index is 0.789. The fourth-order valence-corrected chi connectivity index (χ4v) is 3.14. The van der Waals surface area contributed by atoms with Crippen molar-refractivity contribution in [2.75, 3.05) is 19.6 Å². The second-order valence-corrected chi connectivity index (χ2v) is 5.20. The van der Waals surface area contributed by atoms with Gasteiger partial charge in [-0.1, -0.05) is 19.8 Å². The Morgan fingerprint density at radius 3 is 2.80 bits per heavy atom. The summed E-state index contributed by atoms with van der Waals surface area (Å²) in [5, 5.41) is 3.63. The SMILES string of the molecule is CCC1CCCCCN1C[C@@H]1CCCN1. The highest BCUT2D eigenvalue weighted by Crippen LogP contribution is 2.20. The van der Waals surface area contributed by atoms with Gasteiger partial charge in [-0.3, -0.25) is 4.90 Å². The van der Waals surface area contributed by atoms with Crippen molar-refractivity contribution in [1.82, 2.24) is 10.2 Å². The van der Waals surface area contributed by atoms with Gasteiger partial charge >= 0.3 is 0 Å². The Balaban J connectivity index is 1.85. The van der Waals surface area contributed by atoms with Crippen LogP contribution in [0.4, 0.5) is 0 Å². The van der Waals surface area contributed by atoms with E-state index in [2.05, 4.69) is 17.1 Å². The number of hydrogen-bond donors (Lipinski definition) is 1. The Morgan fingerprint density at radius 2 is 2.07 bits per heavy atom. The molecular formula is C13H26N2. The van der Waals surface area contributed by atoms with Gasteiger partial charge < -0.3 is 5.32 Å². The van der Waals surface area contributed by atoms with Crippen LogP contribution in [0.3, 0.4) is 0 Å². The van der Waals surface area contributed by atoms with Gasteiger partial charge in [0.05, 0.1) is 0 Å². The number of rotatable bonds is 3. The third-order valence-corrected chi connectivity index (χ3v) is 4.09. The molecule has 2 fully saturated rings. The molecule has 88 valence electrons. The average Bonchev–Trinajstić information content (AvgIpc) is 2.64. The summed E-state index contributed by atoms with van der Waals surface area (Å²) in [4.78, 5) is 2.76. The molecule has 0 spiro atoms. The highest BCUT2D eigenvalue weighted by molar-refractivity contribution is 4.82. The molecule has 0 aromatic rings. The normalized spacial score (nSPS) is 34.2. The molecule has 0 aromatic heterocycles. The van der Waals surface area contributed by atoms with Crippen molar-refractivity contribution in [2.45, 2.75) is 64.0 Å². The molecule has 0 aromatic carbocycles. The Hall–Kier alpha value is -0.0800. The van der Waals surface area contributed by atoms with Crippen molar-refractivity contribution >= 4 is 0 Å². The Morgan fingerprint density at radius 1 is 1.13 bits per heavy atom. The van der Waals surface area contributed by atoms with Crippen LogP contribution in [0, 0.1) is 0 Å². The molecule has 0 radical (unpaired) electrons. The van der Waals surface area contributed by atoms with E-state index in [4.69, 9.17) is 0 Å². The third kappa shape index (κ3) is 3.18. The zero-order valence-corrected chi connectivity index (χ0v) is 10.2. The molecule has 2 aliphatic rings. The summed E-state index contributed by atoms with van der Waals surface area (Å²) in [6.45, 7) is 6.25. The van der Waals surface area contributed by atoms with E-state index >= 15 is 0 Å². The molecule has 15 heavy (non-hydrogen) atoms. The standard InChI is InChI=1S/C13H26N2/c1-2-13-8-4-3-5-10-15(13)11-12-7-6-9-14-12/h12-14H,2-11H2,1H3/t12-,13?/m0/s1. The molecule has 2 heteroatoms. The molecule has 0 saturated carbocycles. The minimum Gasteiger partial charge on any atom is -0.313 e. The minimum atomic E-state index is 0.789. The number of nitrogens with zero attached hydrogens (tertiary/aromatic N) is 1. The third-order valence-electron chi connectivity index (χ3n) is 4.09. The van der Waals surface area contributed by atoms with E-state index < -0.39 is 0 Å². The predicted molar refractivity (Wildman–Crippen MR) is 65.1 cm³/mol. The van der Waals surface area contributed by atoms with Gasteiger partial charge in [0, 0.05) is 18.6 Å². The molecule has 2 aliphatic heterocycles. The molecule has 2 atom stereocenters. The molecule has 1 N–H and O–H groups in total. The van der Waals surface area contributed by atoms with Crippen LogP contribution in [-0.2, 0) is 0 Å². The fraction of sp³-hybridized carbons (Fsp3) is 1.00. The van der Waals surface area contributed by atoms with Crippen LogP contribution in [0.25, 0.3) is 0 Å². The van der Waals surface area contributed by atoms with E-state index in [9.17, 15) is 0 Å². The van der Waals surface area contributed by atoms with Crippen molar-refractivity contribution in [2.24, 2.45) is 0 Å². The lowest BCUT2D eigenvalue weighted by Gasteiger charge is -2.31. The summed E-state index contributed by atoms with van der Waals surface area (Å²) in [6.07, 6.45) is 9.87. The summed E-state index contributed by atoms with van der Waals surface area (Å²) in [5.41, 5.74) is 0. The van der Waals surface area contributed by atoms with E-state index in [0.717, 1.165) is 12.1 Å². The second-order valence-electron chi connectivity index (χ2n) is 5.20. The van der Waals surface area contributed by atoms with E-state index in [-0.39, 0.29) is 0 Å². The van der Waals surface area contributed by atoms with Gasteiger partial charge in [-0.2, -0.15) is 0 Å². The van der Waals surface area contributed by atoms with Gasteiger partial charge in [-0.15, -0.1) is 0 Å². The predicted octanol–water partition coefficient (Wildman–Crippen LogP) is 2.39. The first kappa shape index (κ1) is 11.4. The molecular weight excluding hydrogens is 184 g/mol. The monoisotopic (exact) mass is 210 g/mol.